The molecule has 0 saturated carbocycles. The Morgan fingerprint density at radius 3 is 2.35 bits per heavy atom. The Morgan fingerprint density at radius 2 is 1.75 bits per heavy atom. The molecule has 0 aromatic heterocycles. The molecule has 0 spiro atoms. The Bertz CT molecular complexity index is 560. The minimum atomic E-state index is -0.0959. The van der Waals surface area contributed by atoms with Gasteiger partial charge in [0, 0.05) is 6.54 Å². The molecule has 0 aliphatic heterocycles. The van der Waals surface area contributed by atoms with Crippen LogP contribution in [0.15, 0.2) is 42.5 Å². The van der Waals surface area contributed by atoms with Gasteiger partial charge in [0.15, 0.2) is 0 Å². The van der Waals surface area contributed by atoms with Gasteiger partial charge in [-0.25, -0.2) is 0 Å². The first kappa shape index (κ1) is 14.6. The highest BCUT2D eigenvalue weighted by Crippen LogP contribution is 2.26. The van der Waals surface area contributed by atoms with E-state index < -0.39 is 0 Å². The van der Waals surface area contributed by atoms with Gasteiger partial charge in [-0.05, 0) is 48.6 Å². The van der Waals surface area contributed by atoms with Crippen molar-refractivity contribution in [1.82, 2.24) is 0 Å². The van der Waals surface area contributed by atoms with Gasteiger partial charge >= 0.3 is 0 Å². The van der Waals surface area contributed by atoms with Gasteiger partial charge in [-0.3, -0.25) is 0 Å². The molecule has 2 heteroatoms. The third-order valence-corrected chi connectivity index (χ3v) is 3.59. The summed E-state index contributed by atoms with van der Waals surface area (Å²) >= 11 is 0. The number of rotatable bonds is 5. The lowest BCUT2D eigenvalue weighted by Gasteiger charge is -2.20. The first-order valence-corrected chi connectivity index (χ1v) is 7.17. The molecule has 0 saturated heterocycles. The molecule has 2 aromatic carbocycles. The van der Waals surface area contributed by atoms with Crippen molar-refractivity contribution in [3.05, 3.63) is 64.7 Å². The van der Waals surface area contributed by atoms with Crippen molar-refractivity contribution in [1.29, 1.82) is 0 Å². The second-order valence-electron chi connectivity index (χ2n) is 5.21. The van der Waals surface area contributed by atoms with Crippen LogP contribution >= 0.6 is 0 Å². The average Bonchev–Trinajstić information content (AvgIpc) is 2.48. The van der Waals surface area contributed by atoms with E-state index >= 15 is 0 Å². The van der Waals surface area contributed by atoms with Gasteiger partial charge in [-0.1, -0.05) is 43.3 Å². The Kier molecular flexibility index (Phi) is 4.80. The molecule has 2 rings (SSSR count). The molecule has 0 radical (unpaired) electrons. The fourth-order valence-corrected chi connectivity index (χ4v) is 2.21. The van der Waals surface area contributed by atoms with Crippen LogP contribution in [0.3, 0.4) is 0 Å². The van der Waals surface area contributed by atoms with Crippen LogP contribution in [0.4, 0.5) is 0 Å². The van der Waals surface area contributed by atoms with Crippen molar-refractivity contribution < 1.29 is 4.74 Å². The van der Waals surface area contributed by atoms with Crippen molar-refractivity contribution in [2.24, 2.45) is 5.73 Å². The van der Waals surface area contributed by atoms with Crippen molar-refractivity contribution in [3.63, 3.8) is 0 Å². The first-order valence-electron chi connectivity index (χ1n) is 7.17. The van der Waals surface area contributed by atoms with Crippen LogP contribution < -0.4 is 10.5 Å². The second kappa shape index (κ2) is 6.58. The Morgan fingerprint density at radius 1 is 1.05 bits per heavy atom. The highest BCUT2D eigenvalue weighted by molar-refractivity contribution is 5.37. The average molecular weight is 269 g/mol. The maximum atomic E-state index is 6.11. The number of aryl methyl sites for hydroxylation is 3. The highest BCUT2D eigenvalue weighted by Gasteiger charge is 2.12. The topological polar surface area (TPSA) is 35.2 Å². The molecule has 0 bridgehead atoms. The summed E-state index contributed by atoms with van der Waals surface area (Å²) in [7, 11) is 0. The summed E-state index contributed by atoms with van der Waals surface area (Å²) < 4.78 is 6.11. The number of hydrogen-bond acceptors (Lipinski definition) is 2. The molecule has 0 aliphatic carbocycles. The van der Waals surface area contributed by atoms with Gasteiger partial charge in [-0.2, -0.15) is 0 Å². The molecule has 2 N–H and O–H groups in total. The van der Waals surface area contributed by atoms with Crippen molar-refractivity contribution >= 4 is 0 Å². The van der Waals surface area contributed by atoms with E-state index in [4.69, 9.17) is 10.5 Å². The Balaban J connectivity index is 2.21. The number of benzene rings is 2. The summed E-state index contributed by atoms with van der Waals surface area (Å²) in [5.41, 5.74) is 10.7. The van der Waals surface area contributed by atoms with Crippen LogP contribution in [0.5, 0.6) is 5.75 Å². The van der Waals surface area contributed by atoms with Crippen molar-refractivity contribution in [3.8, 4) is 5.75 Å². The van der Waals surface area contributed by atoms with Gasteiger partial charge in [0.2, 0.25) is 0 Å². The van der Waals surface area contributed by atoms with E-state index in [2.05, 4.69) is 63.2 Å². The van der Waals surface area contributed by atoms with Crippen molar-refractivity contribution in [2.75, 3.05) is 6.54 Å². The summed E-state index contributed by atoms with van der Waals surface area (Å²) in [5, 5.41) is 0. The normalized spacial score (nSPS) is 12.2. The van der Waals surface area contributed by atoms with E-state index in [1.807, 2.05) is 0 Å². The quantitative estimate of drug-likeness (QED) is 0.892. The third-order valence-electron chi connectivity index (χ3n) is 3.59. The largest absolute Gasteiger partial charge is 0.484 e. The fraction of sp³-hybridized carbons (Fsp3) is 0.333. The number of ether oxygens (including phenoxy) is 1. The van der Waals surface area contributed by atoms with Gasteiger partial charge in [0.05, 0.1) is 0 Å². The zero-order valence-electron chi connectivity index (χ0n) is 12.5. The lowest BCUT2D eigenvalue weighted by Crippen LogP contribution is -2.18. The lowest BCUT2D eigenvalue weighted by molar-refractivity contribution is 0.212. The predicted octanol–water partition coefficient (Wildman–Crippen LogP) is 3.94. The van der Waals surface area contributed by atoms with E-state index in [9.17, 15) is 0 Å². The van der Waals surface area contributed by atoms with Gasteiger partial charge < -0.3 is 10.5 Å². The van der Waals surface area contributed by atoms with E-state index in [1.165, 1.54) is 11.1 Å². The molecule has 2 aromatic rings. The van der Waals surface area contributed by atoms with E-state index in [1.54, 1.807) is 0 Å². The Labute approximate surface area is 121 Å². The summed E-state index contributed by atoms with van der Waals surface area (Å²) in [6, 6.07) is 14.8. The van der Waals surface area contributed by atoms with Crippen LogP contribution in [0.2, 0.25) is 0 Å². The molecule has 0 fully saturated rings. The Hall–Kier alpha value is -1.80. The molecule has 0 amide bonds. The summed E-state index contributed by atoms with van der Waals surface area (Å²) in [6.07, 6.45) is 0.951. The van der Waals surface area contributed by atoms with Gasteiger partial charge in [0.25, 0.3) is 0 Å². The second-order valence-corrected chi connectivity index (χ2v) is 5.21. The third kappa shape index (κ3) is 3.40. The molecule has 0 heterocycles. The molecule has 0 aliphatic rings. The lowest BCUT2D eigenvalue weighted by atomic mass is 10.1. The van der Waals surface area contributed by atoms with Crippen molar-refractivity contribution in [2.45, 2.75) is 33.3 Å². The molecule has 1 unspecified atom stereocenters. The highest BCUT2D eigenvalue weighted by atomic mass is 16.5. The standard InChI is InChI=1S/C18H23NO/c1-4-15-7-9-16(10-8-15)18(12-19)20-17-11-13(2)5-6-14(17)3/h5-11,18H,4,12,19H2,1-3H3. The minimum absolute atomic E-state index is 0.0959. The molecular formula is C18H23NO. The van der Waals surface area contributed by atoms with Crippen LogP contribution in [0.1, 0.15) is 35.3 Å². The zero-order valence-corrected chi connectivity index (χ0v) is 12.5. The summed E-state index contributed by atoms with van der Waals surface area (Å²) in [4.78, 5) is 0. The van der Waals surface area contributed by atoms with Crippen LogP contribution in [0.25, 0.3) is 0 Å². The SMILES string of the molecule is CCc1ccc(C(CN)Oc2cc(C)ccc2C)cc1. The van der Waals surface area contributed by atoms with Gasteiger partial charge in [-0.15, -0.1) is 0 Å². The zero-order chi connectivity index (χ0) is 14.5. The monoisotopic (exact) mass is 269 g/mol. The van der Waals surface area contributed by atoms with E-state index in [0.29, 0.717) is 6.54 Å². The number of hydrogen-bond donors (Lipinski definition) is 1. The predicted molar refractivity (Wildman–Crippen MR) is 84.2 cm³/mol. The summed E-state index contributed by atoms with van der Waals surface area (Å²) in [5.74, 6) is 0.917. The van der Waals surface area contributed by atoms with Gasteiger partial charge in [0.1, 0.15) is 11.9 Å². The van der Waals surface area contributed by atoms with Crippen LogP contribution in [-0.4, -0.2) is 6.54 Å². The smallest absolute Gasteiger partial charge is 0.136 e. The fourth-order valence-electron chi connectivity index (χ4n) is 2.21. The summed E-state index contributed by atoms with van der Waals surface area (Å²) in [6.45, 7) is 6.75. The molecule has 2 nitrogen and oxygen atoms in total. The van der Waals surface area contributed by atoms with Crippen LogP contribution in [0, 0.1) is 13.8 Å². The molecular weight excluding hydrogens is 246 g/mol. The van der Waals surface area contributed by atoms with Crippen LogP contribution in [-0.2, 0) is 6.42 Å². The molecule has 106 valence electrons. The maximum Gasteiger partial charge on any atom is 0.136 e. The maximum absolute atomic E-state index is 6.11. The molecule has 1 atom stereocenters. The number of nitrogens with two attached hydrogens (primary N) is 1. The first-order chi connectivity index (χ1) is 9.63. The molecule has 20 heavy (non-hydrogen) atoms. The minimum Gasteiger partial charge on any atom is -0.484 e. The van der Waals surface area contributed by atoms with E-state index in [0.717, 1.165) is 23.3 Å². The van der Waals surface area contributed by atoms with E-state index in [-0.39, 0.29) is 6.10 Å².